The minimum atomic E-state index is -4.68. The Kier molecular flexibility index (Phi) is 7.03. The number of aryl methyl sites for hydroxylation is 2. The molecule has 0 spiro atoms. The van der Waals surface area contributed by atoms with Gasteiger partial charge < -0.3 is 4.52 Å². The van der Waals surface area contributed by atoms with Gasteiger partial charge in [-0.15, -0.1) is 0 Å². The summed E-state index contributed by atoms with van der Waals surface area (Å²) in [5.41, 5.74) is 1.27. The van der Waals surface area contributed by atoms with Crippen LogP contribution in [0.1, 0.15) is 65.2 Å². The normalized spacial score (nSPS) is 12.5. The number of benzene rings is 1. The highest BCUT2D eigenvalue weighted by Crippen LogP contribution is 2.45. The maximum absolute atomic E-state index is 12.4. The molecule has 1 aromatic rings. The molecule has 0 atom stereocenters. The fourth-order valence-corrected chi connectivity index (χ4v) is 3.15. The molecule has 0 aliphatic carbocycles. The molecule has 2 N–H and O–H groups in total. The maximum atomic E-state index is 12.4. The number of Topliss-reactive ketones (excluding diaryl/α,β-unsaturated/α-hetero) is 1. The summed E-state index contributed by atoms with van der Waals surface area (Å²) < 4.78 is 16.2. The Labute approximate surface area is 145 Å². The van der Waals surface area contributed by atoms with Crippen molar-refractivity contribution in [1.82, 2.24) is 0 Å². The van der Waals surface area contributed by atoms with Crippen LogP contribution in [0.25, 0.3) is 0 Å². The summed E-state index contributed by atoms with van der Waals surface area (Å²) in [7, 11) is -4.68. The Bertz CT molecular complexity index is 650. The standard InChI is InChI=1S/C17H27O5P.CH4/c1-11-8-12(2)15(13(9-11)22-23(19,20)21)17(6,7)10-14(18)16(3,4)5;/h8-9H,10H2,1-7H3,(H2,19,20,21);1H4. The molecule has 0 saturated carbocycles. The monoisotopic (exact) mass is 358 g/mol. The van der Waals surface area contributed by atoms with E-state index in [1.807, 2.05) is 54.5 Å². The van der Waals surface area contributed by atoms with Gasteiger partial charge in [0.15, 0.2) is 0 Å². The van der Waals surface area contributed by atoms with E-state index in [1.165, 1.54) is 0 Å². The van der Waals surface area contributed by atoms with E-state index < -0.39 is 18.7 Å². The van der Waals surface area contributed by atoms with Crippen LogP contribution in [0.4, 0.5) is 0 Å². The van der Waals surface area contributed by atoms with Gasteiger partial charge in [-0.25, -0.2) is 4.57 Å². The van der Waals surface area contributed by atoms with Gasteiger partial charge in [0, 0.05) is 22.8 Å². The van der Waals surface area contributed by atoms with Crippen LogP contribution in [0.3, 0.4) is 0 Å². The Morgan fingerprint density at radius 3 is 2.04 bits per heavy atom. The summed E-state index contributed by atoms with van der Waals surface area (Å²) >= 11 is 0. The van der Waals surface area contributed by atoms with Crippen molar-refractivity contribution in [3.63, 3.8) is 0 Å². The van der Waals surface area contributed by atoms with Gasteiger partial charge in [-0.05, 0) is 31.0 Å². The molecule has 1 aromatic carbocycles. The van der Waals surface area contributed by atoms with Gasteiger partial charge in [-0.2, -0.15) is 0 Å². The predicted molar refractivity (Wildman–Crippen MR) is 97.4 cm³/mol. The molecule has 24 heavy (non-hydrogen) atoms. The maximum Gasteiger partial charge on any atom is 0.524 e. The van der Waals surface area contributed by atoms with E-state index in [2.05, 4.69) is 0 Å². The largest absolute Gasteiger partial charge is 0.524 e. The summed E-state index contributed by atoms with van der Waals surface area (Å²) in [6.07, 6.45) is 0.262. The van der Waals surface area contributed by atoms with Crippen LogP contribution >= 0.6 is 7.82 Å². The molecule has 0 bridgehead atoms. The molecule has 0 aliphatic rings. The molecule has 0 aliphatic heterocycles. The summed E-state index contributed by atoms with van der Waals surface area (Å²) in [5.74, 6) is 0.229. The van der Waals surface area contributed by atoms with E-state index in [-0.39, 0.29) is 25.4 Å². The molecule has 0 fully saturated rings. The summed E-state index contributed by atoms with van der Waals surface area (Å²) in [5, 5.41) is 0. The Morgan fingerprint density at radius 2 is 1.62 bits per heavy atom. The third-order valence-corrected chi connectivity index (χ3v) is 4.21. The highest BCUT2D eigenvalue weighted by Gasteiger charge is 2.34. The van der Waals surface area contributed by atoms with Gasteiger partial charge in [0.2, 0.25) is 0 Å². The molecule has 0 unspecified atom stereocenters. The lowest BCUT2D eigenvalue weighted by molar-refractivity contribution is -0.127. The lowest BCUT2D eigenvalue weighted by Crippen LogP contribution is -2.30. The smallest absolute Gasteiger partial charge is 0.404 e. The fraction of sp³-hybridized carbons (Fsp3) is 0.611. The van der Waals surface area contributed by atoms with Gasteiger partial charge in [0.25, 0.3) is 0 Å². The van der Waals surface area contributed by atoms with E-state index in [0.717, 1.165) is 11.1 Å². The van der Waals surface area contributed by atoms with E-state index in [9.17, 15) is 19.1 Å². The van der Waals surface area contributed by atoms with Gasteiger partial charge in [0.05, 0.1) is 0 Å². The van der Waals surface area contributed by atoms with Crippen molar-refractivity contribution in [2.75, 3.05) is 0 Å². The molecule has 0 heterocycles. The van der Waals surface area contributed by atoms with E-state index >= 15 is 0 Å². The topological polar surface area (TPSA) is 83.8 Å². The van der Waals surface area contributed by atoms with E-state index in [0.29, 0.717) is 5.56 Å². The molecule has 0 saturated heterocycles. The molecular weight excluding hydrogens is 327 g/mol. The Hall–Kier alpha value is -1.16. The second-order valence-electron chi connectivity index (χ2n) is 7.77. The first kappa shape index (κ1) is 22.8. The van der Waals surface area contributed by atoms with Crippen LogP contribution in [0, 0.1) is 19.3 Å². The number of carbonyl (C=O) groups is 1. The average Bonchev–Trinajstić information content (AvgIpc) is 2.21. The predicted octanol–water partition coefficient (Wildman–Crippen LogP) is 4.69. The van der Waals surface area contributed by atoms with Crippen molar-refractivity contribution in [2.45, 2.75) is 67.7 Å². The Balaban J connectivity index is 0.00000529. The molecule has 138 valence electrons. The Morgan fingerprint density at radius 1 is 1.12 bits per heavy atom. The lowest BCUT2D eigenvalue weighted by atomic mass is 9.73. The number of phosphoric acid groups is 1. The van der Waals surface area contributed by atoms with Gasteiger partial charge in [0.1, 0.15) is 11.5 Å². The van der Waals surface area contributed by atoms with Crippen molar-refractivity contribution in [2.24, 2.45) is 5.41 Å². The highest BCUT2D eigenvalue weighted by atomic mass is 31.2. The molecule has 5 nitrogen and oxygen atoms in total. The quantitative estimate of drug-likeness (QED) is 0.746. The third kappa shape index (κ3) is 6.04. The van der Waals surface area contributed by atoms with Crippen molar-refractivity contribution in [3.8, 4) is 5.75 Å². The van der Waals surface area contributed by atoms with Crippen LogP contribution in [-0.2, 0) is 14.8 Å². The molecule has 0 aromatic heterocycles. The molecule has 1 rings (SSSR count). The number of phosphoric ester groups is 1. The fourth-order valence-electron chi connectivity index (χ4n) is 2.75. The second-order valence-corrected chi connectivity index (χ2v) is 8.93. The zero-order valence-corrected chi connectivity index (χ0v) is 15.8. The van der Waals surface area contributed by atoms with Crippen molar-refractivity contribution < 1.29 is 23.7 Å². The highest BCUT2D eigenvalue weighted by molar-refractivity contribution is 7.46. The van der Waals surface area contributed by atoms with Crippen molar-refractivity contribution >= 4 is 13.6 Å². The second kappa shape index (κ2) is 7.38. The van der Waals surface area contributed by atoms with E-state index in [4.69, 9.17) is 4.52 Å². The van der Waals surface area contributed by atoms with Gasteiger partial charge in [-0.1, -0.05) is 48.1 Å². The molecule has 6 heteroatoms. The van der Waals surface area contributed by atoms with Crippen LogP contribution in [0.2, 0.25) is 0 Å². The number of hydrogen-bond donors (Lipinski definition) is 2. The number of hydrogen-bond acceptors (Lipinski definition) is 3. The minimum absolute atomic E-state index is 0. The first-order valence-corrected chi connectivity index (χ1v) is 9.07. The molecular formula is C18H31O5P. The lowest BCUT2D eigenvalue weighted by Gasteiger charge is -2.31. The van der Waals surface area contributed by atoms with Gasteiger partial charge in [-0.3, -0.25) is 14.6 Å². The number of rotatable bonds is 5. The van der Waals surface area contributed by atoms with Crippen molar-refractivity contribution in [1.29, 1.82) is 0 Å². The summed E-state index contributed by atoms with van der Waals surface area (Å²) in [4.78, 5) is 30.8. The minimum Gasteiger partial charge on any atom is -0.404 e. The zero-order chi connectivity index (χ0) is 18.2. The third-order valence-electron chi connectivity index (χ3n) is 3.78. The van der Waals surface area contributed by atoms with Crippen LogP contribution in [0.5, 0.6) is 5.75 Å². The van der Waals surface area contributed by atoms with Crippen LogP contribution in [0.15, 0.2) is 12.1 Å². The van der Waals surface area contributed by atoms with E-state index in [1.54, 1.807) is 6.07 Å². The van der Waals surface area contributed by atoms with Gasteiger partial charge >= 0.3 is 7.82 Å². The number of ketones is 1. The summed E-state index contributed by atoms with van der Waals surface area (Å²) in [6, 6.07) is 3.52. The SMILES string of the molecule is C.Cc1cc(C)c(C(C)(C)CC(=O)C(C)(C)C)c(OP(=O)(O)O)c1. The molecule has 0 radical (unpaired) electrons. The first-order chi connectivity index (χ1) is 10.1. The molecule has 0 amide bonds. The summed E-state index contributed by atoms with van der Waals surface area (Å²) in [6.45, 7) is 13.1. The van der Waals surface area contributed by atoms with Crippen LogP contribution < -0.4 is 4.52 Å². The zero-order valence-electron chi connectivity index (χ0n) is 14.9. The van der Waals surface area contributed by atoms with Crippen molar-refractivity contribution in [3.05, 3.63) is 28.8 Å². The number of carbonyl (C=O) groups excluding carboxylic acids is 1. The first-order valence-electron chi connectivity index (χ1n) is 7.54. The average molecular weight is 358 g/mol. The van der Waals surface area contributed by atoms with Crippen LogP contribution in [-0.4, -0.2) is 15.6 Å².